The summed E-state index contributed by atoms with van der Waals surface area (Å²) in [6.45, 7) is 5.86. The van der Waals surface area contributed by atoms with Gasteiger partial charge in [-0.2, -0.15) is 11.3 Å². The molecule has 1 unspecified atom stereocenters. The van der Waals surface area contributed by atoms with Crippen LogP contribution in [0.15, 0.2) is 21.8 Å². The number of hydrogen-bond acceptors (Lipinski definition) is 4. The molecule has 6 nitrogen and oxygen atoms in total. The van der Waals surface area contributed by atoms with Crippen LogP contribution in [0.3, 0.4) is 0 Å². The highest BCUT2D eigenvalue weighted by atomic mass is 32.2. The van der Waals surface area contributed by atoms with Gasteiger partial charge in [-0.05, 0) is 48.1 Å². The molecule has 0 bridgehead atoms. The van der Waals surface area contributed by atoms with E-state index >= 15 is 0 Å². The third-order valence-electron chi connectivity index (χ3n) is 4.46. The number of nitrogens with zero attached hydrogens (tertiary/aromatic N) is 2. The summed E-state index contributed by atoms with van der Waals surface area (Å²) in [5.41, 5.74) is 1.33. The fourth-order valence-electron chi connectivity index (χ4n) is 2.77. The Balaban J connectivity index is 1.78. The van der Waals surface area contributed by atoms with Crippen molar-refractivity contribution in [2.45, 2.75) is 38.6 Å². The molecule has 1 aromatic rings. The van der Waals surface area contributed by atoms with Crippen LogP contribution in [0.1, 0.15) is 38.2 Å². The maximum atomic E-state index is 11.9. The van der Waals surface area contributed by atoms with E-state index in [-0.39, 0.29) is 11.8 Å². The average Bonchev–Trinajstić information content (AvgIpc) is 3.13. The highest BCUT2D eigenvalue weighted by Gasteiger charge is 2.27. The number of rotatable bonds is 6. The molecule has 1 saturated heterocycles. The Morgan fingerprint density at radius 3 is 2.71 bits per heavy atom. The van der Waals surface area contributed by atoms with Gasteiger partial charge in [0.1, 0.15) is 0 Å². The largest absolute Gasteiger partial charge is 0.356 e. The summed E-state index contributed by atoms with van der Waals surface area (Å²) in [7, 11) is -1.30. The number of piperidine rings is 1. The lowest BCUT2D eigenvalue weighted by atomic mass is 10.1. The molecule has 0 amide bonds. The highest BCUT2D eigenvalue weighted by molar-refractivity contribution is 7.89. The predicted octanol–water partition coefficient (Wildman–Crippen LogP) is 1.83. The van der Waals surface area contributed by atoms with E-state index in [0.717, 1.165) is 25.3 Å². The molecule has 2 rings (SSSR count). The minimum absolute atomic E-state index is 0.175. The number of hydrogen-bond donors (Lipinski definition) is 2. The highest BCUT2D eigenvalue weighted by Crippen LogP contribution is 2.17. The van der Waals surface area contributed by atoms with E-state index in [4.69, 9.17) is 0 Å². The summed E-state index contributed by atoms with van der Waals surface area (Å²) in [6, 6.07) is 2.41. The van der Waals surface area contributed by atoms with Gasteiger partial charge >= 0.3 is 0 Å². The summed E-state index contributed by atoms with van der Waals surface area (Å²) < 4.78 is 25.4. The van der Waals surface area contributed by atoms with Crippen molar-refractivity contribution in [1.29, 1.82) is 0 Å². The predicted molar refractivity (Wildman–Crippen MR) is 101 cm³/mol. The van der Waals surface area contributed by atoms with Crippen molar-refractivity contribution in [2.75, 3.05) is 32.4 Å². The average molecular weight is 373 g/mol. The van der Waals surface area contributed by atoms with E-state index in [1.54, 1.807) is 29.6 Å². The number of nitrogens with one attached hydrogen (secondary N) is 2. The Kier molecular flexibility index (Phi) is 7.06. The van der Waals surface area contributed by atoms with Gasteiger partial charge in [0.05, 0.1) is 5.75 Å². The van der Waals surface area contributed by atoms with E-state index in [0.29, 0.717) is 19.0 Å². The smallest absolute Gasteiger partial charge is 0.213 e. The molecule has 136 valence electrons. The van der Waals surface area contributed by atoms with Gasteiger partial charge in [0, 0.05) is 32.7 Å². The minimum atomic E-state index is -3.06. The Hall–Kier alpha value is -1.12. The molecular weight excluding hydrogens is 344 g/mol. The van der Waals surface area contributed by atoms with Crippen molar-refractivity contribution in [3.05, 3.63) is 22.4 Å². The lowest BCUT2D eigenvalue weighted by Gasteiger charge is -2.32. The standard InChI is InChI=1S/C16H28N4O2S2/c1-4-24(21,22)20-8-5-15(6-9-20)19-16(17-3)18-11-13(2)14-7-10-23-12-14/h7,10,12-13,15H,4-6,8-9,11H2,1-3H3,(H2,17,18,19). The fraction of sp³-hybridized carbons (Fsp3) is 0.688. The summed E-state index contributed by atoms with van der Waals surface area (Å²) in [5.74, 6) is 1.38. The van der Waals surface area contributed by atoms with Crippen molar-refractivity contribution >= 4 is 27.3 Å². The lowest BCUT2D eigenvalue weighted by Crippen LogP contribution is -2.50. The van der Waals surface area contributed by atoms with Crippen LogP contribution in [0.4, 0.5) is 0 Å². The second-order valence-corrected chi connectivity index (χ2v) is 9.17. The van der Waals surface area contributed by atoms with Crippen LogP contribution in [0.5, 0.6) is 0 Å². The quantitative estimate of drug-likeness (QED) is 0.590. The van der Waals surface area contributed by atoms with Gasteiger partial charge < -0.3 is 10.6 Å². The first kappa shape index (κ1) is 19.2. The third kappa shape index (κ3) is 5.19. The van der Waals surface area contributed by atoms with E-state index < -0.39 is 10.0 Å². The monoisotopic (exact) mass is 372 g/mol. The minimum Gasteiger partial charge on any atom is -0.356 e. The molecule has 0 spiro atoms. The van der Waals surface area contributed by atoms with Crippen LogP contribution in [0.2, 0.25) is 0 Å². The first-order valence-corrected chi connectivity index (χ1v) is 11.0. The van der Waals surface area contributed by atoms with Gasteiger partial charge in [0.15, 0.2) is 5.96 Å². The molecule has 2 N–H and O–H groups in total. The molecule has 8 heteroatoms. The zero-order valence-corrected chi connectivity index (χ0v) is 16.3. The maximum Gasteiger partial charge on any atom is 0.213 e. The Labute approximate surface area is 149 Å². The lowest BCUT2D eigenvalue weighted by molar-refractivity contribution is 0.306. The topological polar surface area (TPSA) is 73.8 Å². The number of guanidine groups is 1. The van der Waals surface area contributed by atoms with Crippen LogP contribution >= 0.6 is 11.3 Å². The molecule has 0 radical (unpaired) electrons. The normalized spacial score (nSPS) is 19.2. The SMILES string of the molecule is CCS(=O)(=O)N1CCC(NC(=NC)NCC(C)c2ccsc2)CC1. The molecule has 0 saturated carbocycles. The van der Waals surface area contributed by atoms with Crippen molar-refractivity contribution in [3.8, 4) is 0 Å². The second-order valence-electron chi connectivity index (χ2n) is 6.13. The van der Waals surface area contributed by atoms with Gasteiger partial charge in [-0.25, -0.2) is 12.7 Å². The fourth-order valence-corrected chi connectivity index (χ4v) is 4.69. The van der Waals surface area contributed by atoms with E-state index in [9.17, 15) is 8.42 Å². The molecule has 2 heterocycles. The molecule has 1 fully saturated rings. The van der Waals surface area contributed by atoms with Crippen molar-refractivity contribution < 1.29 is 8.42 Å². The van der Waals surface area contributed by atoms with Crippen LogP contribution in [0.25, 0.3) is 0 Å². The first-order valence-electron chi connectivity index (χ1n) is 8.43. The first-order chi connectivity index (χ1) is 11.5. The van der Waals surface area contributed by atoms with Crippen LogP contribution < -0.4 is 10.6 Å². The zero-order valence-electron chi connectivity index (χ0n) is 14.7. The van der Waals surface area contributed by atoms with E-state index in [1.807, 2.05) is 0 Å². The number of sulfonamides is 1. The van der Waals surface area contributed by atoms with Crippen molar-refractivity contribution in [2.24, 2.45) is 4.99 Å². The van der Waals surface area contributed by atoms with Gasteiger partial charge in [-0.3, -0.25) is 4.99 Å². The summed E-state index contributed by atoms with van der Waals surface area (Å²) in [6.07, 6.45) is 1.61. The Morgan fingerprint density at radius 2 is 2.17 bits per heavy atom. The van der Waals surface area contributed by atoms with E-state index in [1.165, 1.54) is 5.56 Å². The second kappa shape index (κ2) is 8.82. The Bertz CT molecular complexity index is 621. The zero-order chi connectivity index (χ0) is 17.6. The molecule has 1 atom stereocenters. The van der Waals surface area contributed by atoms with Gasteiger partial charge in [-0.1, -0.05) is 6.92 Å². The molecule has 1 aliphatic heterocycles. The van der Waals surface area contributed by atoms with Gasteiger partial charge in [0.25, 0.3) is 0 Å². The molecule has 24 heavy (non-hydrogen) atoms. The molecule has 1 aliphatic rings. The van der Waals surface area contributed by atoms with Crippen molar-refractivity contribution in [1.82, 2.24) is 14.9 Å². The summed E-state index contributed by atoms with van der Waals surface area (Å²) >= 11 is 1.71. The molecule has 0 aliphatic carbocycles. The summed E-state index contributed by atoms with van der Waals surface area (Å²) in [5, 5.41) is 11.1. The Morgan fingerprint density at radius 1 is 1.46 bits per heavy atom. The number of thiophene rings is 1. The molecule has 1 aromatic heterocycles. The van der Waals surface area contributed by atoms with Crippen molar-refractivity contribution in [3.63, 3.8) is 0 Å². The maximum absolute atomic E-state index is 11.9. The number of aliphatic imine (C=N–C) groups is 1. The van der Waals surface area contributed by atoms with Gasteiger partial charge in [0.2, 0.25) is 10.0 Å². The van der Waals surface area contributed by atoms with Gasteiger partial charge in [-0.15, -0.1) is 0 Å². The molecule has 0 aromatic carbocycles. The van der Waals surface area contributed by atoms with Crippen LogP contribution in [0, 0.1) is 0 Å². The van der Waals surface area contributed by atoms with Crippen LogP contribution in [-0.2, 0) is 10.0 Å². The van der Waals surface area contributed by atoms with E-state index in [2.05, 4.69) is 39.4 Å². The molecular formula is C16H28N4O2S2. The summed E-state index contributed by atoms with van der Waals surface area (Å²) in [4.78, 5) is 4.28. The van der Waals surface area contributed by atoms with Crippen LogP contribution in [-0.4, -0.2) is 57.2 Å². The third-order valence-corrected chi connectivity index (χ3v) is 7.05.